The van der Waals surface area contributed by atoms with Gasteiger partial charge < -0.3 is 4.74 Å². The minimum atomic E-state index is -1.14. The average molecular weight is 254 g/mol. The highest BCUT2D eigenvalue weighted by Crippen LogP contribution is 2.20. The Balaban J connectivity index is 5.18. The first-order valence-corrected chi connectivity index (χ1v) is 8.75. The lowest BCUT2D eigenvalue weighted by atomic mass is 10.1. The van der Waals surface area contributed by atoms with Crippen molar-refractivity contribution in [1.82, 2.24) is 0 Å². The largest absolute Gasteiger partial charge is 0.460 e. The molecule has 3 heteroatoms. The maximum atomic E-state index is 11.9. The van der Waals surface area contributed by atoms with Crippen LogP contribution in [0.4, 0.5) is 0 Å². The molecule has 0 aliphatic rings. The highest BCUT2D eigenvalue weighted by atomic mass is 28.3. The van der Waals surface area contributed by atoms with Gasteiger partial charge in [-0.3, -0.25) is 0 Å². The summed E-state index contributed by atoms with van der Waals surface area (Å²) >= 11 is 0. The van der Waals surface area contributed by atoms with Crippen LogP contribution in [-0.4, -0.2) is 20.9 Å². The molecule has 0 radical (unpaired) electrons. The number of hydrogen-bond acceptors (Lipinski definition) is 2. The maximum absolute atomic E-state index is 11.9. The molecule has 17 heavy (non-hydrogen) atoms. The van der Waals surface area contributed by atoms with E-state index in [0.717, 1.165) is 5.57 Å². The molecule has 0 fully saturated rings. The molecule has 0 aliphatic carbocycles. The van der Waals surface area contributed by atoms with Crippen molar-refractivity contribution in [2.24, 2.45) is 5.92 Å². The first-order chi connectivity index (χ1) is 7.81. The number of esters is 1. The molecule has 1 atom stereocenters. The van der Waals surface area contributed by atoms with Crippen LogP contribution in [0.1, 0.15) is 41.5 Å². The fourth-order valence-electron chi connectivity index (χ4n) is 2.11. The minimum Gasteiger partial charge on any atom is -0.460 e. The summed E-state index contributed by atoms with van der Waals surface area (Å²) in [6.07, 6.45) is 2.03. The van der Waals surface area contributed by atoms with Crippen LogP contribution in [0, 0.1) is 5.92 Å². The van der Waals surface area contributed by atoms with Gasteiger partial charge in [-0.15, -0.1) is 0 Å². The highest BCUT2D eigenvalue weighted by molar-refractivity contribution is 6.71. The Morgan fingerprint density at radius 2 is 1.76 bits per heavy atom. The molecule has 1 unspecified atom stereocenters. The fourth-order valence-corrected chi connectivity index (χ4v) is 4.75. The number of ether oxygens (including phenoxy) is 1. The van der Waals surface area contributed by atoms with Crippen LogP contribution in [0.5, 0.6) is 0 Å². The van der Waals surface area contributed by atoms with E-state index in [1.165, 1.54) is 5.20 Å². The number of carbonyl (C=O) groups is 1. The molecule has 0 bridgehead atoms. The van der Waals surface area contributed by atoms with Crippen molar-refractivity contribution < 1.29 is 9.53 Å². The summed E-state index contributed by atoms with van der Waals surface area (Å²) in [5.74, 6) is 0.250. The van der Waals surface area contributed by atoms with Gasteiger partial charge in [-0.05, 0) is 33.6 Å². The molecule has 0 saturated carbocycles. The smallest absolute Gasteiger partial charge is 0.333 e. The zero-order valence-corrected chi connectivity index (χ0v) is 13.4. The zero-order chi connectivity index (χ0) is 13.6. The molecular weight excluding hydrogens is 228 g/mol. The van der Waals surface area contributed by atoms with E-state index in [1.807, 2.05) is 27.7 Å². The summed E-state index contributed by atoms with van der Waals surface area (Å²) in [4.78, 5) is 11.9. The van der Waals surface area contributed by atoms with Crippen LogP contribution in [0.15, 0.2) is 22.5 Å². The third kappa shape index (κ3) is 5.35. The van der Waals surface area contributed by atoms with Crippen LogP contribution in [0.3, 0.4) is 0 Å². The van der Waals surface area contributed by atoms with Crippen LogP contribution < -0.4 is 0 Å². The van der Waals surface area contributed by atoms with E-state index >= 15 is 0 Å². The number of carbonyl (C=O) groups excluding carboxylic acids is 1. The highest BCUT2D eigenvalue weighted by Gasteiger charge is 2.19. The summed E-state index contributed by atoms with van der Waals surface area (Å²) in [5, 5.41) is 1.30. The Morgan fingerprint density at radius 1 is 1.24 bits per heavy atom. The summed E-state index contributed by atoms with van der Waals surface area (Å²) < 4.78 is 5.27. The van der Waals surface area contributed by atoms with Gasteiger partial charge in [0.05, 0.1) is 14.9 Å². The summed E-state index contributed by atoms with van der Waals surface area (Å²) in [7, 11) is -1.14. The fraction of sp³-hybridized carbons (Fsp3) is 0.643. The molecule has 0 aliphatic heterocycles. The number of rotatable bonds is 5. The molecule has 98 valence electrons. The van der Waals surface area contributed by atoms with Crippen molar-refractivity contribution in [1.29, 1.82) is 0 Å². The Bertz CT molecular complexity index is 314. The molecule has 0 aromatic rings. The molecule has 0 aromatic carbocycles. The van der Waals surface area contributed by atoms with Gasteiger partial charge in [0.1, 0.15) is 0 Å². The summed E-state index contributed by atoms with van der Waals surface area (Å²) in [6.45, 7) is 14.2. The quantitative estimate of drug-likeness (QED) is 0.427. The second-order valence-electron chi connectivity index (χ2n) is 5.00. The molecular formula is C14H26O2Si. The van der Waals surface area contributed by atoms with Crippen LogP contribution in [-0.2, 0) is 9.53 Å². The molecule has 0 amide bonds. The van der Waals surface area contributed by atoms with Crippen molar-refractivity contribution >= 4 is 14.8 Å². The molecule has 2 nitrogen and oxygen atoms in total. The van der Waals surface area contributed by atoms with Crippen molar-refractivity contribution in [2.75, 3.05) is 0 Å². The van der Waals surface area contributed by atoms with Gasteiger partial charge in [-0.1, -0.05) is 37.4 Å². The topological polar surface area (TPSA) is 26.3 Å². The zero-order valence-electron chi connectivity index (χ0n) is 12.2. The third-order valence-electron chi connectivity index (χ3n) is 2.68. The van der Waals surface area contributed by atoms with E-state index < -0.39 is 8.80 Å². The molecule has 0 spiro atoms. The second-order valence-corrected chi connectivity index (χ2v) is 7.59. The molecule has 0 saturated heterocycles. The van der Waals surface area contributed by atoms with Crippen molar-refractivity contribution in [3.05, 3.63) is 22.5 Å². The third-order valence-corrected chi connectivity index (χ3v) is 5.72. The number of allylic oxidation sites excluding steroid dienone is 2. The van der Waals surface area contributed by atoms with E-state index in [9.17, 15) is 4.79 Å². The molecule has 0 heterocycles. The van der Waals surface area contributed by atoms with E-state index in [1.54, 1.807) is 0 Å². The molecule has 0 N–H and O–H groups in total. The van der Waals surface area contributed by atoms with Crippen molar-refractivity contribution in [3.63, 3.8) is 0 Å². The van der Waals surface area contributed by atoms with Crippen LogP contribution in [0.25, 0.3) is 0 Å². The second kappa shape index (κ2) is 7.48. The van der Waals surface area contributed by atoms with Gasteiger partial charge in [0.15, 0.2) is 0 Å². The Hall–Kier alpha value is -0.833. The summed E-state index contributed by atoms with van der Waals surface area (Å²) in [6, 6.07) is 0. The Morgan fingerprint density at radius 3 is 2.12 bits per heavy atom. The normalized spacial score (nSPS) is 15.4. The van der Waals surface area contributed by atoms with Gasteiger partial charge in [0.2, 0.25) is 0 Å². The van der Waals surface area contributed by atoms with Crippen molar-refractivity contribution in [2.45, 2.75) is 54.2 Å². The van der Waals surface area contributed by atoms with E-state index in [0.29, 0.717) is 5.92 Å². The summed E-state index contributed by atoms with van der Waals surface area (Å²) in [5.41, 5.74) is 3.06. The van der Waals surface area contributed by atoms with Crippen LogP contribution >= 0.6 is 0 Å². The lowest BCUT2D eigenvalue weighted by Gasteiger charge is -2.19. The lowest BCUT2D eigenvalue weighted by molar-refractivity contribution is -0.142. The van der Waals surface area contributed by atoms with Gasteiger partial charge in [-0.2, -0.15) is 0 Å². The predicted octanol–water partition coefficient (Wildman–Crippen LogP) is 3.42. The maximum Gasteiger partial charge on any atom is 0.333 e. The minimum absolute atomic E-state index is 0.0513. The predicted molar refractivity (Wildman–Crippen MR) is 76.6 cm³/mol. The lowest BCUT2D eigenvalue weighted by Crippen LogP contribution is -2.21. The Labute approximate surface area is 107 Å². The monoisotopic (exact) mass is 254 g/mol. The van der Waals surface area contributed by atoms with Gasteiger partial charge in [0.25, 0.3) is 0 Å². The van der Waals surface area contributed by atoms with E-state index in [4.69, 9.17) is 4.74 Å². The van der Waals surface area contributed by atoms with Crippen molar-refractivity contribution in [3.8, 4) is 0 Å². The molecule has 0 aromatic heterocycles. The van der Waals surface area contributed by atoms with Gasteiger partial charge >= 0.3 is 5.97 Å². The van der Waals surface area contributed by atoms with Crippen LogP contribution in [0.2, 0.25) is 6.55 Å². The van der Waals surface area contributed by atoms with Gasteiger partial charge in [0, 0.05) is 5.57 Å². The average Bonchev–Trinajstić information content (AvgIpc) is 2.16. The van der Waals surface area contributed by atoms with E-state index in [-0.39, 0.29) is 12.1 Å². The first kappa shape index (κ1) is 16.2. The van der Waals surface area contributed by atoms with E-state index in [2.05, 4.69) is 32.2 Å². The Kier molecular flexibility index (Phi) is 7.12. The first-order valence-electron chi connectivity index (χ1n) is 6.35. The molecule has 0 rings (SSSR count). The number of hydrogen-bond donors (Lipinski definition) is 0. The standard InChI is InChI=1S/C14H26O2Si/c1-8-9-17(7)13(10(2)3)12(6)14(15)16-11(4)5/h8-11,17H,1-7H3. The van der Waals surface area contributed by atoms with Gasteiger partial charge in [-0.25, -0.2) is 4.79 Å². The SMILES string of the molecule is CC=C[SiH](C)C(=C(C)C(=O)OC(C)C)C(C)C.